The smallest absolute Gasteiger partial charge is 0.359 e. The molecule has 0 aromatic heterocycles. The summed E-state index contributed by atoms with van der Waals surface area (Å²) in [7, 11) is 4.52. The number of hydrogen-bond acceptors (Lipinski definition) is 6. The van der Waals surface area contributed by atoms with E-state index >= 15 is 0 Å². The van der Waals surface area contributed by atoms with E-state index in [1.165, 1.54) is 41.9 Å². The van der Waals surface area contributed by atoms with E-state index in [4.69, 9.17) is 0 Å². The zero-order chi connectivity index (χ0) is 19.7. The molecule has 9 nitrogen and oxygen atoms in total. The molecule has 10 heteroatoms. The molecule has 143 valence electrons. The third-order valence-electron chi connectivity index (χ3n) is 2.07. The van der Waals surface area contributed by atoms with Crippen LogP contribution in [-0.2, 0) is 45.8 Å². The van der Waals surface area contributed by atoms with E-state index in [1.54, 1.807) is 0 Å². The van der Waals surface area contributed by atoms with Gasteiger partial charge in [0.25, 0.3) is 0 Å². The quantitative estimate of drug-likeness (QED) is 0.391. The largest absolute Gasteiger partial charge is 3.00 e. The number of amides is 3. The first kappa shape index (κ1) is 30.8. The molecule has 0 unspecified atom stereocenters. The summed E-state index contributed by atoms with van der Waals surface area (Å²) in [4.78, 5) is 61.3. The van der Waals surface area contributed by atoms with Gasteiger partial charge in [-0.1, -0.05) is 0 Å². The summed E-state index contributed by atoms with van der Waals surface area (Å²) in [6, 6.07) is 0. The van der Waals surface area contributed by atoms with Crippen LogP contribution in [0.2, 0.25) is 0 Å². The zero-order valence-corrected chi connectivity index (χ0v) is 16.5. The van der Waals surface area contributed by atoms with Crippen LogP contribution in [0.15, 0.2) is 0 Å². The van der Waals surface area contributed by atoms with Gasteiger partial charge in [0.2, 0.25) is 17.7 Å². The Morgan fingerprint density at radius 2 is 0.680 bits per heavy atom. The maximum Gasteiger partial charge on any atom is 3.00 e. The predicted molar refractivity (Wildman–Crippen MR) is 88.1 cm³/mol. The molecule has 0 aromatic carbocycles. The molecule has 3 N–H and O–H groups in total. The normalized spacial score (nSPS) is 7.92. The monoisotopic (exact) mass is 401 g/mol. The van der Waals surface area contributed by atoms with Crippen molar-refractivity contribution in [1.29, 1.82) is 0 Å². The Balaban J connectivity index is -0.000000130. The molecule has 0 bridgehead atoms. The SMILES string of the molecule is CNC(=O)CC(C)=O.CNC(=O)CC(C)=O.CNC(=O)CC(C)=O.[Fe+3]. The van der Waals surface area contributed by atoms with E-state index in [1.807, 2.05) is 0 Å². The Hall–Kier alpha value is -2.06. The van der Waals surface area contributed by atoms with E-state index < -0.39 is 0 Å². The van der Waals surface area contributed by atoms with Gasteiger partial charge in [0, 0.05) is 21.1 Å². The van der Waals surface area contributed by atoms with Crippen molar-refractivity contribution in [3.05, 3.63) is 0 Å². The van der Waals surface area contributed by atoms with Crippen molar-refractivity contribution in [2.45, 2.75) is 40.0 Å². The first-order chi connectivity index (χ1) is 11.0. The average Bonchev–Trinajstić information content (AvgIpc) is 2.46. The molecule has 1 radical (unpaired) electrons. The molecule has 0 heterocycles. The maximum atomic E-state index is 10.3. The van der Waals surface area contributed by atoms with E-state index in [0.29, 0.717) is 0 Å². The van der Waals surface area contributed by atoms with Crippen molar-refractivity contribution in [3.8, 4) is 0 Å². The van der Waals surface area contributed by atoms with Gasteiger partial charge in [-0.3, -0.25) is 28.8 Å². The Morgan fingerprint density at radius 1 is 0.520 bits per heavy atom. The van der Waals surface area contributed by atoms with Gasteiger partial charge in [-0.25, -0.2) is 0 Å². The van der Waals surface area contributed by atoms with Crippen LogP contribution in [0.25, 0.3) is 0 Å². The molecule has 0 rings (SSSR count). The molecule has 0 aliphatic heterocycles. The number of rotatable bonds is 6. The van der Waals surface area contributed by atoms with Crippen LogP contribution in [-0.4, -0.2) is 56.2 Å². The third-order valence-corrected chi connectivity index (χ3v) is 2.07. The predicted octanol–water partition coefficient (Wildman–Crippen LogP) is -0.868. The van der Waals surface area contributed by atoms with Crippen LogP contribution in [0.1, 0.15) is 40.0 Å². The summed E-state index contributed by atoms with van der Waals surface area (Å²) in [5, 5.41) is 7.01. The van der Waals surface area contributed by atoms with Gasteiger partial charge < -0.3 is 16.0 Å². The number of hydrogen-bond donors (Lipinski definition) is 3. The van der Waals surface area contributed by atoms with Crippen molar-refractivity contribution >= 4 is 35.1 Å². The molecule has 0 saturated carbocycles. The van der Waals surface area contributed by atoms with E-state index in [2.05, 4.69) is 16.0 Å². The van der Waals surface area contributed by atoms with Crippen LogP contribution < -0.4 is 16.0 Å². The minimum absolute atomic E-state index is 0. The van der Waals surface area contributed by atoms with Gasteiger partial charge in [-0.2, -0.15) is 0 Å². The van der Waals surface area contributed by atoms with Crippen molar-refractivity contribution in [2.75, 3.05) is 21.1 Å². The second kappa shape index (κ2) is 20.0. The number of carbonyl (C=O) groups excluding carboxylic acids is 6. The van der Waals surface area contributed by atoms with Crippen molar-refractivity contribution in [3.63, 3.8) is 0 Å². The van der Waals surface area contributed by atoms with Crippen LogP contribution in [0, 0.1) is 0 Å². The number of carbonyl (C=O) groups is 6. The summed E-state index contributed by atoms with van der Waals surface area (Å²) in [5.74, 6) is -0.995. The molecular weight excluding hydrogens is 374 g/mol. The first-order valence-corrected chi connectivity index (χ1v) is 7.10. The molecule has 0 spiro atoms. The molecule has 0 fully saturated rings. The summed E-state index contributed by atoms with van der Waals surface area (Å²) >= 11 is 0. The van der Waals surface area contributed by atoms with Crippen molar-refractivity contribution in [1.82, 2.24) is 16.0 Å². The average molecular weight is 401 g/mol. The third kappa shape index (κ3) is 34.3. The minimum atomic E-state index is -0.225. The fraction of sp³-hybridized carbons (Fsp3) is 0.600. The topological polar surface area (TPSA) is 139 Å². The standard InChI is InChI=1S/3C5H9NO2.Fe/c3*1-4(7)3-5(8)6-2;/h3*3H2,1-2H3,(H,6,8);/q;;;+3. The van der Waals surface area contributed by atoms with Gasteiger partial charge in [-0.05, 0) is 20.8 Å². The summed E-state index contributed by atoms with van der Waals surface area (Å²) in [6.45, 7) is 4.15. The molecule has 0 atom stereocenters. The van der Waals surface area contributed by atoms with E-state index in [0.717, 1.165) is 0 Å². The molecule has 0 saturated heterocycles. The summed E-state index contributed by atoms with van der Waals surface area (Å²) in [5.41, 5.74) is 0. The maximum absolute atomic E-state index is 10.3. The van der Waals surface area contributed by atoms with Gasteiger partial charge in [0.05, 0.1) is 19.3 Å². The van der Waals surface area contributed by atoms with Gasteiger partial charge in [-0.15, -0.1) is 0 Å². The fourth-order valence-corrected chi connectivity index (χ4v) is 0.943. The number of nitrogens with one attached hydrogen (secondary N) is 3. The van der Waals surface area contributed by atoms with Crippen LogP contribution in [0.3, 0.4) is 0 Å². The van der Waals surface area contributed by atoms with Crippen LogP contribution >= 0.6 is 0 Å². The van der Waals surface area contributed by atoms with Crippen LogP contribution in [0.4, 0.5) is 0 Å². The van der Waals surface area contributed by atoms with E-state index in [9.17, 15) is 28.8 Å². The van der Waals surface area contributed by atoms with Crippen molar-refractivity contribution in [2.24, 2.45) is 0 Å². The van der Waals surface area contributed by atoms with E-state index in [-0.39, 0.29) is 71.4 Å². The Kier molecular flexibility index (Phi) is 24.6. The van der Waals surface area contributed by atoms with Crippen molar-refractivity contribution < 1.29 is 45.8 Å². The second-order valence-corrected chi connectivity index (χ2v) is 4.66. The van der Waals surface area contributed by atoms with Gasteiger partial charge in [0.1, 0.15) is 17.3 Å². The molecular formula is C15H27FeN3O6+3. The fourth-order valence-electron chi connectivity index (χ4n) is 0.943. The summed E-state index contributed by atoms with van der Waals surface area (Å²) < 4.78 is 0. The molecule has 3 amide bonds. The zero-order valence-electron chi connectivity index (χ0n) is 15.4. The Morgan fingerprint density at radius 3 is 0.720 bits per heavy atom. The minimum Gasteiger partial charge on any atom is -0.359 e. The molecule has 25 heavy (non-hydrogen) atoms. The first-order valence-electron chi connectivity index (χ1n) is 7.10. The number of Topliss-reactive ketones (excluding diaryl/α,β-unsaturated/α-hetero) is 3. The Labute approximate surface area is 158 Å². The Bertz CT molecular complexity index is 400. The number of ketones is 3. The molecule has 0 aromatic rings. The second-order valence-electron chi connectivity index (χ2n) is 4.66. The van der Waals surface area contributed by atoms with Gasteiger partial charge in [0.15, 0.2) is 0 Å². The summed E-state index contributed by atoms with van der Waals surface area (Å²) in [6.07, 6.45) is -0.0104. The van der Waals surface area contributed by atoms with Gasteiger partial charge >= 0.3 is 17.1 Å². The van der Waals surface area contributed by atoms with Crippen LogP contribution in [0.5, 0.6) is 0 Å². The molecule has 0 aliphatic rings. The molecule has 0 aliphatic carbocycles.